The maximum absolute atomic E-state index is 10.5. The summed E-state index contributed by atoms with van der Waals surface area (Å²) in [6.07, 6.45) is 4.12. The van der Waals surface area contributed by atoms with Gasteiger partial charge in [-0.3, -0.25) is 0 Å². The van der Waals surface area contributed by atoms with Crippen molar-refractivity contribution in [1.29, 1.82) is 0 Å². The number of allylic oxidation sites excluding steroid dienone is 1. The van der Waals surface area contributed by atoms with Crippen LogP contribution in [0, 0.1) is 0 Å². The van der Waals surface area contributed by atoms with Gasteiger partial charge in [-0.15, -0.1) is 0 Å². The fourth-order valence-corrected chi connectivity index (χ4v) is 1.30. The van der Waals surface area contributed by atoms with Crippen LogP contribution in [0.25, 0.3) is 0 Å². The van der Waals surface area contributed by atoms with Crippen molar-refractivity contribution in [1.82, 2.24) is 4.72 Å². The number of rotatable bonds is 5. The lowest BCUT2D eigenvalue weighted by Gasteiger charge is -1.98. The monoisotopic (exact) mass is 231 g/mol. The molecule has 0 aliphatic heterocycles. The van der Waals surface area contributed by atoms with E-state index in [1.165, 1.54) is 0 Å². The summed E-state index contributed by atoms with van der Waals surface area (Å²) < 4.78 is 23.7. The van der Waals surface area contributed by atoms with E-state index in [1.807, 2.05) is 0 Å². The molecule has 0 fully saturated rings. The van der Waals surface area contributed by atoms with Gasteiger partial charge in [0.2, 0.25) is 10.0 Å². The Hall–Kier alpha value is 0.230. The van der Waals surface area contributed by atoms with Crippen LogP contribution >= 0.6 is 23.2 Å². The molecule has 0 heterocycles. The second-order valence-electron chi connectivity index (χ2n) is 2.30. The van der Waals surface area contributed by atoms with Crippen LogP contribution in [0.4, 0.5) is 0 Å². The predicted octanol–water partition coefficient (Wildman–Crippen LogP) is 1.63. The zero-order valence-corrected chi connectivity index (χ0v) is 9.01. The highest BCUT2D eigenvalue weighted by Gasteiger charge is 1.97. The van der Waals surface area contributed by atoms with E-state index in [4.69, 9.17) is 23.2 Å². The molecule has 0 bridgehead atoms. The van der Waals surface area contributed by atoms with Crippen LogP contribution in [0.2, 0.25) is 0 Å². The lowest BCUT2D eigenvalue weighted by molar-refractivity contribution is 0.585. The molecular weight excluding hydrogens is 221 g/mol. The molecule has 0 amide bonds. The molecule has 0 unspecified atom stereocenters. The average Bonchev–Trinajstić information content (AvgIpc) is 1.83. The Balaban J connectivity index is 3.41. The molecule has 72 valence electrons. The largest absolute Gasteiger partial charge is 0.215 e. The quantitative estimate of drug-likeness (QED) is 0.732. The van der Waals surface area contributed by atoms with E-state index in [9.17, 15) is 8.42 Å². The Morgan fingerprint density at radius 1 is 1.50 bits per heavy atom. The van der Waals surface area contributed by atoms with Gasteiger partial charge in [0.05, 0.1) is 6.26 Å². The van der Waals surface area contributed by atoms with Gasteiger partial charge in [-0.25, -0.2) is 13.1 Å². The number of nitrogens with one attached hydrogen (secondary N) is 1. The standard InChI is InChI=1S/C6H11Cl2NO2S/c1-12(10,11)9-5-3-2-4-6(7)8/h4,9H,2-3,5H2,1H3. The first-order chi connectivity index (χ1) is 5.42. The summed E-state index contributed by atoms with van der Waals surface area (Å²) in [5.74, 6) is 0. The van der Waals surface area contributed by atoms with Crippen molar-refractivity contribution in [3.63, 3.8) is 0 Å². The molecule has 0 saturated carbocycles. The molecule has 0 aliphatic rings. The fraction of sp³-hybridized carbons (Fsp3) is 0.667. The van der Waals surface area contributed by atoms with Gasteiger partial charge >= 0.3 is 0 Å². The van der Waals surface area contributed by atoms with E-state index in [2.05, 4.69) is 4.72 Å². The topological polar surface area (TPSA) is 46.2 Å². The Bertz CT molecular complexity index is 244. The highest BCUT2D eigenvalue weighted by molar-refractivity contribution is 7.88. The van der Waals surface area contributed by atoms with Gasteiger partial charge in [-0.05, 0) is 12.8 Å². The summed E-state index contributed by atoms with van der Waals surface area (Å²) >= 11 is 10.7. The third-order valence-electron chi connectivity index (χ3n) is 1.04. The van der Waals surface area contributed by atoms with Crippen molar-refractivity contribution in [2.24, 2.45) is 0 Å². The summed E-state index contributed by atoms with van der Waals surface area (Å²) in [6.45, 7) is 0.413. The summed E-state index contributed by atoms with van der Waals surface area (Å²) in [5.41, 5.74) is 0. The summed E-state index contributed by atoms with van der Waals surface area (Å²) in [6, 6.07) is 0. The Kier molecular flexibility index (Phi) is 5.92. The van der Waals surface area contributed by atoms with Crippen LogP contribution in [0.1, 0.15) is 12.8 Å². The van der Waals surface area contributed by atoms with Crippen molar-refractivity contribution in [3.8, 4) is 0 Å². The average molecular weight is 232 g/mol. The SMILES string of the molecule is CS(=O)(=O)NCCCC=C(Cl)Cl. The first kappa shape index (κ1) is 12.2. The van der Waals surface area contributed by atoms with E-state index in [-0.39, 0.29) is 4.49 Å². The van der Waals surface area contributed by atoms with Crippen LogP contribution in [0.3, 0.4) is 0 Å². The van der Waals surface area contributed by atoms with E-state index in [0.29, 0.717) is 19.4 Å². The van der Waals surface area contributed by atoms with Gasteiger partial charge in [0.15, 0.2) is 0 Å². The van der Waals surface area contributed by atoms with Crippen molar-refractivity contribution in [2.45, 2.75) is 12.8 Å². The van der Waals surface area contributed by atoms with Crippen molar-refractivity contribution in [3.05, 3.63) is 10.6 Å². The highest BCUT2D eigenvalue weighted by atomic mass is 35.5. The lowest BCUT2D eigenvalue weighted by Crippen LogP contribution is -2.22. The van der Waals surface area contributed by atoms with E-state index >= 15 is 0 Å². The van der Waals surface area contributed by atoms with Gasteiger partial charge in [0.25, 0.3) is 0 Å². The number of unbranched alkanes of at least 4 members (excludes halogenated alkanes) is 1. The lowest BCUT2D eigenvalue weighted by atomic mass is 10.3. The summed E-state index contributed by atoms with van der Waals surface area (Å²) in [4.78, 5) is 0. The molecule has 1 N–H and O–H groups in total. The van der Waals surface area contributed by atoms with Gasteiger partial charge in [-0.2, -0.15) is 0 Å². The van der Waals surface area contributed by atoms with Crippen molar-refractivity contribution in [2.75, 3.05) is 12.8 Å². The van der Waals surface area contributed by atoms with Crippen molar-refractivity contribution >= 4 is 33.2 Å². The molecule has 0 atom stereocenters. The number of halogens is 2. The third-order valence-corrected chi connectivity index (χ3v) is 2.08. The summed E-state index contributed by atoms with van der Waals surface area (Å²) in [7, 11) is -3.06. The Labute approximate surface area is 82.8 Å². The van der Waals surface area contributed by atoms with Gasteiger partial charge in [0.1, 0.15) is 4.49 Å². The summed E-state index contributed by atoms with van der Waals surface area (Å²) in [5, 5.41) is 0. The molecule has 0 aromatic heterocycles. The molecule has 0 aromatic rings. The smallest absolute Gasteiger partial charge is 0.208 e. The molecule has 0 saturated heterocycles. The molecule has 6 heteroatoms. The van der Waals surface area contributed by atoms with E-state index < -0.39 is 10.0 Å². The van der Waals surface area contributed by atoms with Crippen molar-refractivity contribution < 1.29 is 8.42 Å². The number of hydrogen-bond acceptors (Lipinski definition) is 2. The second kappa shape index (κ2) is 5.80. The molecule has 12 heavy (non-hydrogen) atoms. The maximum atomic E-state index is 10.5. The van der Waals surface area contributed by atoms with Gasteiger partial charge < -0.3 is 0 Å². The first-order valence-corrected chi connectivity index (χ1v) is 6.02. The number of hydrogen-bond donors (Lipinski definition) is 1. The predicted molar refractivity (Wildman–Crippen MR) is 51.9 cm³/mol. The molecule has 0 radical (unpaired) electrons. The minimum Gasteiger partial charge on any atom is -0.215 e. The zero-order valence-electron chi connectivity index (χ0n) is 6.68. The fourth-order valence-electron chi connectivity index (χ4n) is 0.571. The Morgan fingerprint density at radius 3 is 2.50 bits per heavy atom. The van der Waals surface area contributed by atoms with E-state index in [0.717, 1.165) is 6.26 Å². The normalized spacial score (nSPS) is 11.2. The van der Waals surface area contributed by atoms with Gasteiger partial charge in [0, 0.05) is 6.54 Å². The molecule has 0 aliphatic carbocycles. The first-order valence-electron chi connectivity index (χ1n) is 3.37. The highest BCUT2D eigenvalue weighted by Crippen LogP contribution is 2.07. The minimum absolute atomic E-state index is 0.217. The number of sulfonamides is 1. The molecular formula is C6H11Cl2NO2S. The second-order valence-corrected chi connectivity index (χ2v) is 5.14. The molecule has 0 rings (SSSR count). The Morgan fingerprint density at radius 2 is 2.08 bits per heavy atom. The zero-order chi connectivity index (χ0) is 9.61. The minimum atomic E-state index is -3.06. The van der Waals surface area contributed by atoms with E-state index in [1.54, 1.807) is 6.08 Å². The van der Waals surface area contributed by atoms with Gasteiger partial charge in [-0.1, -0.05) is 29.3 Å². The molecule has 0 spiro atoms. The molecule has 0 aromatic carbocycles. The van der Waals surface area contributed by atoms with Crippen LogP contribution in [0.5, 0.6) is 0 Å². The van der Waals surface area contributed by atoms with Crippen LogP contribution in [0.15, 0.2) is 10.6 Å². The van der Waals surface area contributed by atoms with Crippen LogP contribution in [-0.4, -0.2) is 21.2 Å². The molecule has 3 nitrogen and oxygen atoms in total. The third kappa shape index (κ3) is 10.2. The van der Waals surface area contributed by atoms with Crippen LogP contribution < -0.4 is 4.72 Å². The maximum Gasteiger partial charge on any atom is 0.208 e. The van der Waals surface area contributed by atoms with Crippen LogP contribution in [-0.2, 0) is 10.0 Å².